The van der Waals surface area contributed by atoms with E-state index in [1.54, 1.807) is 34.4 Å². The fraction of sp³-hybridized carbons (Fsp3) is 0.286. The van der Waals surface area contributed by atoms with Gasteiger partial charge in [-0.2, -0.15) is 0 Å². The second-order valence-electron chi connectivity index (χ2n) is 6.63. The normalized spacial score (nSPS) is 11.3. The Kier molecular flexibility index (Phi) is 5.66. The molecular formula is C21H22N4S3. The molecule has 4 rings (SSSR count). The van der Waals surface area contributed by atoms with Gasteiger partial charge in [0.2, 0.25) is 0 Å². The van der Waals surface area contributed by atoms with Crippen LogP contribution in [0.2, 0.25) is 0 Å². The van der Waals surface area contributed by atoms with Crippen LogP contribution < -0.4 is 0 Å². The number of rotatable bonds is 6. The maximum absolute atomic E-state index is 4.84. The largest absolute Gasteiger partial charge is 0.302 e. The summed E-state index contributed by atoms with van der Waals surface area (Å²) in [6.45, 7) is 9.44. The first-order valence-corrected chi connectivity index (χ1v) is 11.9. The van der Waals surface area contributed by atoms with Crippen molar-refractivity contribution in [3.8, 4) is 22.0 Å². The molecule has 0 atom stereocenters. The molecule has 0 aliphatic carbocycles. The van der Waals surface area contributed by atoms with Gasteiger partial charge in [-0.1, -0.05) is 36.0 Å². The Hall–Kier alpha value is -1.96. The zero-order valence-electron chi connectivity index (χ0n) is 16.4. The quantitative estimate of drug-likeness (QED) is 0.336. The molecule has 4 nitrogen and oxygen atoms in total. The van der Waals surface area contributed by atoms with Gasteiger partial charge in [-0.25, -0.2) is 4.98 Å². The van der Waals surface area contributed by atoms with E-state index in [1.165, 1.54) is 27.1 Å². The lowest BCUT2D eigenvalue weighted by Crippen LogP contribution is -2.00. The molecule has 0 unspecified atom stereocenters. The summed E-state index contributed by atoms with van der Waals surface area (Å²) in [4.78, 5) is 6.17. The van der Waals surface area contributed by atoms with Gasteiger partial charge in [-0.15, -0.1) is 32.9 Å². The molecule has 0 radical (unpaired) electrons. The van der Waals surface area contributed by atoms with Gasteiger partial charge in [0.25, 0.3) is 0 Å². The molecule has 0 N–H and O–H groups in total. The van der Waals surface area contributed by atoms with Gasteiger partial charge in [0.1, 0.15) is 5.01 Å². The molecule has 1 aromatic carbocycles. The van der Waals surface area contributed by atoms with Gasteiger partial charge in [0.05, 0.1) is 5.69 Å². The Bertz CT molecular complexity index is 1110. The molecule has 0 saturated carbocycles. The van der Waals surface area contributed by atoms with Crippen LogP contribution >= 0.6 is 34.4 Å². The molecule has 3 aromatic heterocycles. The van der Waals surface area contributed by atoms with Crippen LogP contribution in [0.3, 0.4) is 0 Å². The fourth-order valence-electron chi connectivity index (χ4n) is 3.06. The smallest absolute Gasteiger partial charge is 0.191 e. The standard InChI is InChI=1S/C21H22N4S3/c1-5-25-19(18-12-26-15(4)14(18)3)23-24-21(25)28-11-16-10-27-20(22-16)17-9-7-6-8-13(17)2/h6-10,12H,5,11H2,1-4H3. The van der Waals surface area contributed by atoms with Crippen molar-refractivity contribution in [3.05, 3.63) is 56.7 Å². The van der Waals surface area contributed by atoms with Crippen molar-refractivity contribution in [3.63, 3.8) is 0 Å². The highest BCUT2D eigenvalue weighted by atomic mass is 32.2. The third-order valence-electron chi connectivity index (χ3n) is 4.84. The van der Waals surface area contributed by atoms with E-state index in [1.807, 2.05) is 0 Å². The topological polar surface area (TPSA) is 43.6 Å². The summed E-state index contributed by atoms with van der Waals surface area (Å²) >= 11 is 5.18. The summed E-state index contributed by atoms with van der Waals surface area (Å²) in [6, 6.07) is 8.40. The van der Waals surface area contributed by atoms with Crippen LogP contribution in [0.15, 0.2) is 40.2 Å². The van der Waals surface area contributed by atoms with Crippen molar-refractivity contribution >= 4 is 34.4 Å². The average molecular weight is 427 g/mol. The van der Waals surface area contributed by atoms with E-state index in [0.717, 1.165) is 34.0 Å². The number of hydrogen-bond donors (Lipinski definition) is 0. The monoisotopic (exact) mass is 426 g/mol. The lowest BCUT2D eigenvalue weighted by atomic mass is 10.1. The van der Waals surface area contributed by atoms with Crippen LogP contribution in [0.4, 0.5) is 0 Å². The fourth-order valence-corrected chi connectivity index (χ4v) is 5.84. The van der Waals surface area contributed by atoms with E-state index in [4.69, 9.17) is 4.98 Å². The molecule has 0 bridgehead atoms. The highest BCUT2D eigenvalue weighted by Crippen LogP contribution is 2.33. The number of hydrogen-bond acceptors (Lipinski definition) is 6. The highest BCUT2D eigenvalue weighted by molar-refractivity contribution is 7.98. The molecule has 7 heteroatoms. The second-order valence-corrected chi connectivity index (χ2v) is 9.51. The first-order chi connectivity index (χ1) is 13.6. The molecule has 28 heavy (non-hydrogen) atoms. The third-order valence-corrected chi connectivity index (χ3v) is 7.77. The Balaban J connectivity index is 1.53. The minimum Gasteiger partial charge on any atom is -0.302 e. The minimum absolute atomic E-state index is 0.794. The molecule has 0 fully saturated rings. The van der Waals surface area contributed by atoms with Gasteiger partial charge in [0.15, 0.2) is 11.0 Å². The van der Waals surface area contributed by atoms with Crippen LogP contribution in [-0.2, 0) is 12.3 Å². The minimum atomic E-state index is 0.794. The molecule has 0 aliphatic heterocycles. The number of thiazole rings is 1. The predicted octanol–water partition coefficient (Wildman–Crippen LogP) is 6.37. The summed E-state index contributed by atoms with van der Waals surface area (Å²) in [5.74, 6) is 1.76. The van der Waals surface area contributed by atoms with Crippen molar-refractivity contribution < 1.29 is 0 Å². The van der Waals surface area contributed by atoms with Crippen molar-refractivity contribution in [1.82, 2.24) is 19.7 Å². The van der Waals surface area contributed by atoms with Crippen LogP contribution in [-0.4, -0.2) is 19.7 Å². The number of thioether (sulfide) groups is 1. The molecule has 4 aromatic rings. The van der Waals surface area contributed by atoms with Gasteiger partial charge in [-0.05, 0) is 38.8 Å². The van der Waals surface area contributed by atoms with E-state index in [2.05, 4.69) is 77.5 Å². The van der Waals surface area contributed by atoms with Crippen molar-refractivity contribution in [2.45, 2.75) is 45.1 Å². The maximum Gasteiger partial charge on any atom is 0.191 e. The number of benzene rings is 1. The van der Waals surface area contributed by atoms with E-state index in [0.29, 0.717) is 0 Å². The maximum atomic E-state index is 4.84. The Morgan fingerprint density at radius 3 is 2.54 bits per heavy atom. The van der Waals surface area contributed by atoms with Crippen molar-refractivity contribution in [2.24, 2.45) is 0 Å². The summed E-state index contributed by atoms with van der Waals surface area (Å²) in [5.41, 5.74) is 6.05. The lowest BCUT2D eigenvalue weighted by molar-refractivity contribution is 0.687. The molecule has 0 spiro atoms. The van der Waals surface area contributed by atoms with E-state index in [-0.39, 0.29) is 0 Å². The number of aromatic nitrogens is 4. The van der Waals surface area contributed by atoms with Crippen LogP contribution in [0.1, 0.15) is 28.6 Å². The lowest BCUT2D eigenvalue weighted by Gasteiger charge is -2.06. The molecular weight excluding hydrogens is 404 g/mol. The van der Waals surface area contributed by atoms with Crippen LogP contribution in [0, 0.1) is 20.8 Å². The Labute approximate surface area is 177 Å². The molecule has 0 amide bonds. The molecule has 3 heterocycles. The molecule has 0 saturated heterocycles. The van der Waals surface area contributed by atoms with Gasteiger partial charge >= 0.3 is 0 Å². The summed E-state index contributed by atoms with van der Waals surface area (Å²) < 4.78 is 2.20. The summed E-state index contributed by atoms with van der Waals surface area (Å²) in [6.07, 6.45) is 0. The summed E-state index contributed by atoms with van der Waals surface area (Å²) in [7, 11) is 0. The SMILES string of the molecule is CCn1c(SCc2csc(-c3ccccc3C)n2)nnc1-c1csc(C)c1C. The zero-order valence-corrected chi connectivity index (χ0v) is 18.8. The van der Waals surface area contributed by atoms with E-state index in [9.17, 15) is 0 Å². The van der Waals surface area contributed by atoms with Gasteiger partial charge in [0, 0.05) is 39.1 Å². The predicted molar refractivity (Wildman–Crippen MR) is 120 cm³/mol. The highest BCUT2D eigenvalue weighted by Gasteiger charge is 2.17. The number of nitrogens with zero attached hydrogens (tertiary/aromatic N) is 4. The van der Waals surface area contributed by atoms with E-state index >= 15 is 0 Å². The average Bonchev–Trinajstić information content (AvgIpc) is 3.40. The van der Waals surface area contributed by atoms with Crippen molar-refractivity contribution in [2.75, 3.05) is 0 Å². The summed E-state index contributed by atoms with van der Waals surface area (Å²) in [5, 5.41) is 15.3. The van der Waals surface area contributed by atoms with Gasteiger partial charge in [-0.3, -0.25) is 0 Å². The Morgan fingerprint density at radius 2 is 1.82 bits per heavy atom. The van der Waals surface area contributed by atoms with Crippen molar-refractivity contribution in [1.29, 1.82) is 0 Å². The zero-order chi connectivity index (χ0) is 19.7. The van der Waals surface area contributed by atoms with Crippen LogP contribution in [0.25, 0.3) is 22.0 Å². The first kappa shape index (κ1) is 19.4. The van der Waals surface area contributed by atoms with Crippen LogP contribution in [0.5, 0.6) is 0 Å². The number of aryl methyl sites for hydroxylation is 2. The first-order valence-electron chi connectivity index (χ1n) is 9.20. The second kappa shape index (κ2) is 8.19. The third kappa shape index (κ3) is 3.66. The Morgan fingerprint density at radius 1 is 1.00 bits per heavy atom. The van der Waals surface area contributed by atoms with Gasteiger partial charge < -0.3 is 4.57 Å². The number of thiophene rings is 1. The van der Waals surface area contributed by atoms with E-state index < -0.39 is 0 Å². The molecule has 144 valence electrons. The molecule has 0 aliphatic rings.